The third-order valence-electron chi connectivity index (χ3n) is 5.23. The highest BCUT2D eigenvalue weighted by atomic mass is 16.5. The van der Waals surface area contributed by atoms with Gasteiger partial charge in [-0.2, -0.15) is 0 Å². The van der Waals surface area contributed by atoms with E-state index < -0.39 is 5.97 Å². The number of hydrogen-bond donors (Lipinski definition) is 2. The Morgan fingerprint density at radius 2 is 1.30 bits per heavy atom. The van der Waals surface area contributed by atoms with E-state index in [1.807, 2.05) is 76.2 Å². The molecule has 0 aliphatic rings. The number of ether oxygens (including phenoxy) is 1. The quantitative estimate of drug-likeness (QED) is 0.537. The van der Waals surface area contributed by atoms with E-state index >= 15 is 0 Å². The van der Waals surface area contributed by atoms with E-state index in [1.54, 1.807) is 12.1 Å². The molecule has 3 aromatic rings. The van der Waals surface area contributed by atoms with Crippen molar-refractivity contribution in [2.75, 3.05) is 17.2 Å². The SMILES string of the molecule is Cc1cccc(NC(=O)COC(=O)c2ccccc2Nc2cccc(C)c2C)c1C. The standard InChI is InChI=1S/C25H26N2O3/c1-16-9-7-13-21(18(16)3)26-23-12-6-5-11-20(23)25(29)30-15-24(28)27-22-14-8-10-17(2)19(22)4/h5-14,26H,15H2,1-4H3,(H,27,28). The van der Waals surface area contributed by atoms with Gasteiger partial charge in [0.2, 0.25) is 0 Å². The van der Waals surface area contributed by atoms with Crippen LogP contribution in [0.2, 0.25) is 0 Å². The zero-order chi connectivity index (χ0) is 21.7. The Morgan fingerprint density at radius 1 is 0.733 bits per heavy atom. The predicted octanol–water partition coefficient (Wildman–Crippen LogP) is 5.46. The molecule has 1 amide bonds. The molecule has 0 aliphatic carbocycles. The van der Waals surface area contributed by atoms with Crippen LogP contribution in [0.3, 0.4) is 0 Å². The molecule has 30 heavy (non-hydrogen) atoms. The molecule has 0 saturated heterocycles. The summed E-state index contributed by atoms with van der Waals surface area (Å²) in [5.74, 6) is -0.934. The van der Waals surface area contributed by atoms with Crippen LogP contribution < -0.4 is 10.6 Å². The summed E-state index contributed by atoms with van der Waals surface area (Å²) in [6.45, 7) is 7.62. The number of para-hydroxylation sites is 1. The molecule has 0 fully saturated rings. The van der Waals surface area contributed by atoms with Crippen molar-refractivity contribution in [3.05, 3.63) is 88.5 Å². The number of nitrogens with one attached hydrogen (secondary N) is 2. The van der Waals surface area contributed by atoms with Gasteiger partial charge >= 0.3 is 5.97 Å². The molecule has 0 aromatic heterocycles. The lowest BCUT2D eigenvalue weighted by atomic mass is 10.1. The van der Waals surface area contributed by atoms with Crippen molar-refractivity contribution in [1.29, 1.82) is 0 Å². The van der Waals surface area contributed by atoms with Crippen molar-refractivity contribution >= 4 is 28.9 Å². The number of benzene rings is 3. The average Bonchev–Trinajstić information content (AvgIpc) is 2.73. The predicted molar refractivity (Wildman–Crippen MR) is 120 cm³/mol. The van der Waals surface area contributed by atoms with E-state index in [1.165, 1.54) is 0 Å². The number of rotatable bonds is 6. The molecule has 3 rings (SSSR count). The minimum Gasteiger partial charge on any atom is -0.452 e. The molecular weight excluding hydrogens is 376 g/mol. The molecule has 0 unspecified atom stereocenters. The minimum atomic E-state index is -0.556. The second kappa shape index (κ2) is 9.27. The van der Waals surface area contributed by atoms with Crippen molar-refractivity contribution in [3.8, 4) is 0 Å². The monoisotopic (exact) mass is 402 g/mol. The Balaban J connectivity index is 1.68. The Hall–Kier alpha value is -3.60. The Labute approximate surface area is 177 Å². The first-order valence-corrected chi connectivity index (χ1v) is 9.82. The van der Waals surface area contributed by atoms with Gasteiger partial charge in [0, 0.05) is 11.4 Å². The number of carbonyl (C=O) groups is 2. The maximum absolute atomic E-state index is 12.6. The second-order valence-electron chi connectivity index (χ2n) is 7.29. The van der Waals surface area contributed by atoms with E-state index in [0.717, 1.165) is 27.9 Å². The fourth-order valence-corrected chi connectivity index (χ4v) is 3.08. The van der Waals surface area contributed by atoms with Gasteiger partial charge in [-0.05, 0) is 74.2 Å². The van der Waals surface area contributed by atoms with Gasteiger partial charge in [-0.3, -0.25) is 4.79 Å². The molecule has 0 aliphatic heterocycles. The molecule has 5 heteroatoms. The summed E-state index contributed by atoms with van der Waals surface area (Å²) < 4.78 is 5.27. The Bertz CT molecular complexity index is 1090. The summed E-state index contributed by atoms with van der Waals surface area (Å²) in [5, 5.41) is 6.10. The van der Waals surface area contributed by atoms with E-state index in [4.69, 9.17) is 4.74 Å². The maximum Gasteiger partial charge on any atom is 0.340 e. The van der Waals surface area contributed by atoms with Gasteiger partial charge in [-0.15, -0.1) is 0 Å². The highest BCUT2D eigenvalue weighted by molar-refractivity contribution is 5.99. The third-order valence-corrected chi connectivity index (χ3v) is 5.23. The third kappa shape index (κ3) is 4.87. The summed E-state index contributed by atoms with van der Waals surface area (Å²) in [6, 6.07) is 18.7. The van der Waals surface area contributed by atoms with E-state index in [2.05, 4.69) is 10.6 Å². The molecule has 0 bridgehead atoms. The second-order valence-corrected chi connectivity index (χ2v) is 7.29. The lowest BCUT2D eigenvalue weighted by molar-refractivity contribution is -0.119. The highest BCUT2D eigenvalue weighted by Gasteiger charge is 2.15. The van der Waals surface area contributed by atoms with Gasteiger partial charge in [0.15, 0.2) is 6.61 Å². The van der Waals surface area contributed by atoms with Crippen molar-refractivity contribution < 1.29 is 14.3 Å². The zero-order valence-corrected chi connectivity index (χ0v) is 17.7. The molecule has 0 radical (unpaired) electrons. The number of esters is 1. The molecule has 0 spiro atoms. The van der Waals surface area contributed by atoms with Crippen LogP contribution in [-0.2, 0) is 9.53 Å². The zero-order valence-electron chi connectivity index (χ0n) is 17.7. The first-order chi connectivity index (χ1) is 14.4. The van der Waals surface area contributed by atoms with Crippen LogP contribution >= 0.6 is 0 Å². The minimum absolute atomic E-state index is 0.357. The van der Waals surface area contributed by atoms with Gasteiger partial charge in [0.1, 0.15) is 0 Å². The molecule has 0 saturated carbocycles. The van der Waals surface area contributed by atoms with Crippen LogP contribution in [0.25, 0.3) is 0 Å². The topological polar surface area (TPSA) is 67.4 Å². The summed E-state index contributed by atoms with van der Waals surface area (Å²) in [7, 11) is 0. The van der Waals surface area contributed by atoms with Crippen molar-refractivity contribution in [2.45, 2.75) is 27.7 Å². The normalized spacial score (nSPS) is 10.4. The number of anilines is 3. The lowest BCUT2D eigenvalue weighted by Crippen LogP contribution is -2.21. The molecule has 0 atom stereocenters. The number of aryl methyl sites for hydroxylation is 2. The smallest absolute Gasteiger partial charge is 0.340 e. The number of hydrogen-bond acceptors (Lipinski definition) is 4. The molecule has 0 heterocycles. The van der Waals surface area contributed by atoms with Gasteiger partial charge in [0.05, 0.1) is 11.3 Å². The summed E-state index contributed by atoms with van der Waals surface area (Å²) in [5.41, 5.74) is 6.97. The van der Waals surface area contributed by atoms with Gasteiger partial charge < -0.3 is 15.4 Å². The molecule has 5 nitrogen and oxygen atoms in total. The molecule has 2 N–H and O–H groups in total. The van der Waals surface area contributed by atoms with E-state index in [-0.39, 0.29) is 12.5 Å². The average molecular weight is 402 g/mol. The lowest BCUT2D eigenvalue weighted by Gasteiger charge is -2.15. The molecule has 3 aromatic carbocycles. The van der Waals surface area contributed by atoms with E-state index in [0.29, 0.717) is 16.9 Å². The first kappa shape index (κ1) is 21.1. The molecular formula is C25H26N2O3. The number of amides is 1. The maximum atomic E-state index is 12.6. The Morgan fingerprint density at radius 3 is 2.00 bits per heavy atom. The van der Waals surface area contributed by atoms with Crippen LogP contribution in [0.5, 0.6) is 0 Å². The number of carbonyl (C=O) groups excluding carboxylic acids is 2. The van der Waals surface area contributed by atoms with Crippen molar-refractivity contribution in [2.24, 2.45) is 0 Å². The van der Waals surface area contributed by atoms with Crippen LogP contribution in [0.4, 0.5) is 17.1 Å². The van der Waals surface area contributed by atoms with Gasteiger partial charge in [-0.25, -0.2) is 4.79 Å². The first-order valence-electron chi connectivity index (χ1n) is 9.82. The van der Waals surface area contributed by atoms with Crippen LogP contribution in [0.15, 0.2) is 60.7 Å². The van der Waals surface area contributed by atoms with Crippen molar-refractivity contribution in [1.82, 2.24) is 0 Å². The molecule has 154 valence electrons. The van der Waals surface area contributed by atoms with Crippen LogP contribution in [0, 0.1) is 27.7 Å². The fraction of sp³-hybridized carbons (Fsp3) is 0.200. The largest absolute Gasteiger partial charge is 0.452 e. The fourth-order valence-electron chi connectivity index (χ4n) is 3.08. The van der Waals surface area contributed by atoms with Crippen LogP contribution in [0.1, 0.15) is 32.6 Å². The van der Waals surface area contributed by atoms with Crippen molar-refractivity contribution in [3.63, 3.8) is 0 Å². The van der Waals surface area contributed by atoms with Gasteiger partial charge in [0.25, 0.3) is 5.91 Å². The summed E-state index contributed by atoms with van der Waals surface area (Å²) in [4.78, 5) is 24.9. The van der Waals surface area contributed by atoms with E-state index in [9.17, 15) is 9.59 Å². The summed E-state index contributed by atoms with van der Waals surface area (Å²) in [6.07, 6.45) is 0. The highest BCUT2D eigenvalue weighted by Crippen LogP contribution is 2.25. The summed E-state index contributed by atoms with van der Waals surface area (Å²) >= 11 is 0. The Kier molecular flexibility index (Phi) is 6.52. The van der Waals surface area contributed by atoms with Crippen LogP contribution in [-0.4, -0.2) is 18.5 Å². The van der Waals surface area contributed by atoms with Gasteiger partial charge in [-0.1, -0.05) is 36.4 Å².